The van der Waals surface area contributed by atoms with Crippen molar-refractivity contribution in [2.75, 3.05) is 5.32 Å². The number of hydrogen-bond acceptors (Lipinski definition) is 4. The number of carbonyl (C=O) groups is 2. The summed E-state index contributed by atoms with van der Waals surface area (Å²) in [5.74, 6) is -0.240. The van der Waals surface area contributed by atoms with Crippen LogP contribution in [0.2, 0.25) is 0 Å². The molecule has 1 aliphatic rings. The predicted octanol–water partition coefficient (Wildman–Crippen LogP) is 0.261. The number of anilines is 1. The number of amides is 2. The Balaban J connectivity index is 1.76. The van der Waals surface area contributed by atoms with Crippen LogP contribution in [0.25, 0.3) is 0 Å². The number of rotatable bonds is 7. The predicted molar refractivity (Wildman–Crippen MR) is 72.9 cm³/mol. The highest BCUT2D eigenvalue weighted by Gasteiger charge is 2.23. The molecule has 2 rings (SSSR count). The van der Waals surface area contributed by atoms with Crippen LogP contribution in [-0.4, -0.2) is 38.8 Å². The highest BCUT2D eigenvalue weighted by molar-refractivity contribution is 5.90. The van der Waals surface area contributed by atoms with Gasteiger partial charge in [0.15, 0.2) is 0 Å². The molecule has 1 heterocycles. The van der Waals surface area contributed by atoms with Gasteiger partial charge in [-0.2, -0.15) is 5.10 Å². The Kier molecular flexibility index (Phi) is 4.73. The van der Waals surface area contributed by atoms with Gasteiger partial charge in [0.1, 0.15) is 6.54 Å². The van der Waals surface area contributed by atoms with Crippen LogP contribution in [0.3, 0.4) is 0 Å². The van der Waals surface area contributed by atoms with Crippen LogP contribution in [0.5, 0.6) is 0 Å². The molecule has 7 nitrogen and oxygen atoms in total. The summed E-state index contributed by atoms with van der Waals surface area (Å²) < 4.78 is 1.49. The van der Waals surface area contributed by atoms with Gasteiger partial charge in [-0.05, 0) is 26.2 Å². The average Bonchev–Trinajstić information content (AvgIpc) is 3.07. The molecule has 1 fully saturated rings. The third-order valence-corrected chi connectivity index (χ3v) is 2.95. The first kappa shape index (κ1) is 14.5. The lowest BCUT2D eigenvalue weighted by Crippen LogP contribution is -2.29. The molecule has 1 saturated carbocycles. The Labute approximate surface area is 117 Å². The van der Waals surface area contributed by atoms with Crippen molar-refractivity contribution in [3.63, 3.8) is 0 Å². The second kappa shape index (κ2) is 6.51. The molecule has 3 N–H and O–H groups in total. The zero-order chi connectivity index (χ0) is 14.5. The zero-order valence-corrected chi connectivity index (χ0v) is 11.5. The highest BCUT2D eigenvalue weighted by atomic mass is 16.3. The number of aliphatic hydroxyl groups is 1. The van der Waals surface area contributed by atoms with Crippen molar-refractivity contribution in [1.29, 1.82) is 0 Å². The van der Waals surface area contributed by atoms with Crippen LogP contribution in [0.1, 0.15) is 32.6 Å². The summed E-state index contributed by atoms with van der Waals surface area (Å²) in [6, 6.07) is 0.331. The number of aliphatic hydroxyl groups excluding tert-OH is 1. The molecule has 0 radical (unpaired) electrons. The number of aromatic nitrogens is 2. The molecule has 0 saturated heterocycles. The molecule has 20 heavy (non-hydrogen) atoms. The first-order valence-electron chi connectivity index (χ1n) is 6.82. The van der Waals surface area contributed by atoms with E-state index in [0.717, 1.165) is 12.8 Å². The van der Waals surface area contributed by atoms with Crippen molar-refractivity contribution in [2.24, 2.45) is 0 Å². The fourth-order valence-corrected chi connectivity index (χ4v) is 1.73. The number of nitrogens with one attached hydrogen (secondary N) is 2. The Bertz CT molecular complexity index is 480. The fraction of sp³-hybridized carbons (Fsp3) is 0.615. The molecular formula is C13H20N4O3. The summed E-state index contributed by atoms with van der Waals surface area (Å²) in [5, 5.41) is 18.7. The van der Waals surface area contributed by atoms with Crippen LogP contribution in [0.4, 0.5) is 5.69 Å². The highest BCUT2D eigenvalue weighted by Crippen LogP contribution is 2.18. The summed E-state index contributed by atoms with van der Waals surface area (Å²) in [4.78, 5) is 23.1. The minimum absolute atomic E-state index is 0.0671. The van der Waals surface area contributed by atoms with E-state index in [0.29, 0.717) is 18.2 Å². The lowest BCUT2D eigenvalue weighted by atomic mass is 10.2. The van der Waals surface area contributed by atoms with Crippen molar-refractivity contribution in [3.05, 3.63) is 12.4 Å². The van der Waals surface area contributed by atoms with Crippen molar-refractivity contribution < 1.29 is 14.7 Å². The van der Waals surface area contributed by atoms with Crippen LogP contribution in [0, 0.1) is 0 Å². The molecule has 7 heteroatoms. The van der Waals surface area contributed by atoms with Crippen molar-refractivity contribution >= 4 is 17.5 Å². The van der Waals surface area contributed by atoms with E-state index in [1.807, 2.05) is 0 Å². The molecule has 1 atom stereocenters. The second-order valence-electron chi connectivity index (χ2n) is 5.20. The minimum atomic E-state index is -0.491. The smallest absolute Gasteiger partial charge is 0.241 e. The Morgan fingerprint density at radius 2 is 2.25 bits per heavy atom. The minimum Gasteiger partial charge on any atom is -0.393 e. The fourth-order valence-electron chi connectivity index (χ4n) is 1.73. The average molecular weight is 280 g/mol. The van der Waals surface area contributed by atoms with Gasteiger partial charge in [-0.25, -0.2) is 0 Å². The van der Waals surface area contributed by atoms with Crippen LogP contribution in [-0.2, 0) is 16.1 Å². The molecule has 1 aromatic rings. The first-order chi connectivity index (χ1) is 9.52. The third-order valence-electron chi connectivity index (χ3n) is 2.95. The van der Waals surface area contributed by atoms with Gasteiger partial charge in [0.25, 0.3) is 0 Å². The summed E-state index contributed by atoms with van der Waals surface area (Å²) >= 11 is 0. The maximum absolute atomic E-state index is 11.6. The Hall–Kier alpha value is -1.89. The van der Waals surface area contributed by atoms with Crippen LogP contribution < -0.4 is 10.6 Å². The van der Waals surface area contributed by atoms with E-state index in [9.17, 15) is 9.59 Å². The van der Waals surface area contributed by atoms with E-state index < -0.39 is 6.10 Å². The summed E-state index contributed by atoms with van der Waals surface area (Å²) in [5.41, 5.74) is 0.555. The molecule has 1 unspecified atom stereocenters. The lowest BCUT2D eigenvalue weighted by molar-refractivity contribution is -0.122. The topological polar surface area (TPSA) is 96.2 Å². The van der Waals surface area contributed by atoms with E-state index in [-0.39, 0.29) is 24.8 Å². The van der Waals surface area contributed by atoms with Crippen molar-refractivity contribution in [3.8, 4) is 0 Å². The van der Waals surface area contributed by atoms with E-state index in [2.05, 4.69) is 15.7 Å². The van der Waals surface area contributed by atoms with Gasteiger partial charge in [-0.15, -0.1) is 0 Å². The molecule has 1 aliphatic carbocycles. The Morgan fingerprint density at radius 3 is 2.90 bits per heavy atom. The van der Waals surface area contributed by atoms with Gasteiger partial charge in [-0.1, -0.05) is 0 Å². The second-order valence-corrected chi connectivity index (χ2v) is 5.20. The maximum Gasteiger partial charge on any atom is 0.241 e. The molecule has 0 bridgehead atoms. The van der Waals surface area contributed by atoms with Gasteiger partial charge >= 0.3 is 0 Å². The molecule has 2 amide bonds. The third kappa shape index (κ3) is 5.00. The standard InChI is InChI=1S/C13H20N4O3/c1-9(18)2-5-12(19)16-11-6-14-17(7-11)8-13(20)15-10-3-4-10/h6-7,9-10,18H,2-5,8H2,1H3,(H,15,20)(H,16,19). The summed E-state index contributed by atoms with van der Waals surface area (Å²) in [6.45, 7) is 1.80. The van der Waals surface area contributed by atoms with E-state index in [1.165, 1.54) is 10.9 Å². The summed E-state index contributed by atoms with van der Waals surface area (Å²) in [6.07, 6.45) is 5.41. The molecule has 0 spiro atoms. The maximum atomic E-state index is 11.6. The van der Waals surface area contributed by atoms with Gasteiger partial charge in [-0.3, -0.25) is 14.3 Å². The first-order valence-corrected chi connectivity index (χ1v) is 6.82. The Morgan fingerprint density at radius 1 is 1.50 bits per heavy atom. The van der Waals surface area contributed by atoms with E-state index >= 15 is 0 Å². The molecule has 0 aliphatic heterocycles. The molecule has 110 valence electrons. The number of hydrogen-bond donors (Lipinski definition) is 3. The largest absolute Gasteiger partial charge is 0.393 e. The number of nitrogens with zero attached hydrogens (tertiary/aromatic N) is 2. The molecule has 0 aromatic carbocycles. The van der Waals surface area contributed by atoms with Crippen LogP contribution in [0.15, 0.2) is 12.4 Å². The normalized spacial score (nSPS) is 15.7. The van der Waals surface area contributed by atoms with Gasteiger partial charge < -0.3 is 15.7 Å². The number of carbonyl (C=O) groups excluding carboxylic acids is 2. The molecular weight excluding hydrogens is 260 g/mol. The SMILES string of the molecule is CC(O)CCC(=O)Nc1cnn(CC(=O)NC2CC2)c1. The van der Waals surface area contributed by atoms with E-state index in [1.54, 1.807) is 13.1 Å². The van der Waals surface area contributed by atoms with Gasteiger partial charge in [0, 0.05) is 18.7 Å². The molecule has 1 aromatic heterocycles. The van der Waals surface area contributed by atoms with E-state index in [4.69, 9.17) is 5.11 Å². The van der Waals surface area contributed by atoms with Gasteiger partial charge in [0.05, 0.1) is 18.0 Å². The van der Waals surface area contributed by atoms with Crippen molar-refractivity contribution in [1.82, 2.24) is 15.1 Å². The van der Waals surface area contributed by atoms with Crippen molar-refractivity contribution in [2.45, 2.75) is 51.3 Å². The summed E-state index contributed by atoms with van der Waals surface area (Å²) in [7, 11) is 0. The van der Waals surface area contributed by atoms with Gasteiger partial charge in [0.2, 0.25) is 11.8 Å². The zero-order valence-electron chi connectivity index (χ0n) is 11.5. The quantitative estimate of drug-likeness (QED) is 0.667. The lowest BCUT2D eigenvalue weighted by Gasteiger charge is -2.04. The van der Waals surface area contributed by atoms with Crippen LogP contribution >= 0.6 is 0 Å². The monoisotopic (exact) mass is 280 g/mol.